The topological polar surface area (TPSA) is 17.1 Å². The molecule has 1 aromatic rings. The van der Waals surface area contributed by atoms with Gasteiger partial charge in [-0.05, 0) is 29.9 Å². The summed E-state index contributed by atoms with van der Waals surface area (Å²) >= 11 is 13.4. The number of rotatable bonds is 6. The summed E-state index contributed by atoms with van der Waals surface area (Å²) in [6.07, 6.45) is 1.14. The smallest absolute Gasteiger partial charge is 0.174 e. The van der Waals surface area contributed by atoms with E-state index in [1.165, 1.54) is 0 Å². The number of halogens is 2. The summed E-state index contributed by atoms with van der Waals surface area (Å²) in [6.45, 7) is 4.34. The predicted molar refractivity (Wildman–Crippen MR) is 77.6 cm³/mol. The van der Waals surface area contributed by atoms with Crippen LogP contribution >= 0.6 is 35.0 Å². The van der Waals surface area contributed by atoms with Gasteiger partial charge in [0.15, 0.2) is 5.78 Å². The molecule has 94 valence electrons. The summed E-state index contributed by atoms with van der Waals surface area (Å²) in [5.41, 5.74) is 0.563. The molecule has 1 aromatic carbocycles. The molecule has 0 fully saturated rings. The molecule has 0 aliphatic heterocycles. The van der Waals surface area contributed by atoms with Gasteiger partial charge in [0.05, 0.1) is 10.8 Å². The quantitative estimate of drug-likeness (QED) is 0.689. The average molecular weight is 291 g/mol. The summed E-state index contributed by atoms with van der Waals surface area (Å²) < 4.78 is 0. The number of thioether (sulfide) groups is 1. The summed E-state index contributed by atoms with van der Waals surface area (Å²) in [7, 11) is 0. The second-order valence-electron chi connectivity index (χ2n) is 4.08. The van der Waals surface area contributed by atoms with Crippen LogP contribution in [0.5, 0.6) is 0 Å². The number of carbonyl (C=O) groups excluding carboxylic acids is 1. The first kappa shape index (κ1) is 14.9. The van der Waals surface area contributed by atoms with Gasteiger partial charge in [0.2, 0.25) is 0 Å². The maximum Gasteiger partial charge on any atom is 0.174 e. The van der Waals surface area contributed by atoms with Crippen LogP contribution in [0.4, 0.5) is 0 Å². The number of benzene rings is 1. The van der Waals surface area contributed by atoms with Crippen LogP contribution in [-0.4, -0.2) is 17.3 Å². The van der Waals surface area contributed by atoms with E-state index in [4.69, 9.17) is 23.2 Å². The van der Waals surface area contributed by atoms with Crippen molar-refractivity contribution in [2.75, 3.05) is 11.5 Å². The molecule has 0 radical (unpaired) electrons. The molecule has 1 unspecified atom stereocenters. The first-order chi connectivity index (χ1) is 8.04. The fraction of sp³-hybridized carbons (Fsp3) is 0.462. The van der Waals surface area contributed by atoms with Crippen LogP contribution in [-0.2, 0) is 0 Å². The fourth-order valence-electron chi connectivity index (χ4n) is 1.26. The van der Waals surface area contributed by atoms with Gasteiger partial charge in [0, 0.05) is 10.6 Å². The number of carbonyl (C=O) groups is 1. The zero-order valence-electron chi connectivity index (χ0n) is 10.0. The van der Waals surface area contributed by atoms with Gasteiger partial charge in [0.1, 0.15) is 0 Å². The van der Waals surface area contributed by atoms with Crippen molar-refractivity contribution in [1.29, 1.82) is 0 Å². The highest BCUT2D eigenvalue weighted by Gasteiger charge is 2.11. The highest BCUT2D eigenvalue weighted by Crippen LogP contribution is 2.23. The number of ketones is 1. The van der Waals surface area contributed by atoms with Crippen LogP contribution in [0.1, 0.15) is 30.6 Å². The van der Waals surface area contributed by atoms with Crippen LogP contribution in [0, 0.1) is 5.92 Å². The monoisotopic (exact) mass is 290 g/mol. The van der Waals surface area contributed by atoms with E-state index in [1.807, 2.05) is 0 Å². The van der Waals surface area contributed by atoms with E-state index >= 15 is 0 Å². The summed E-state index contributed by atoms with van der Waals surface area (Å²) in [6, 6.07) is 4.99. The van der Waals surface area contributed by atoms with Crippen molar-refractivity contribution in [2.45, 2.75) is 20.3 Å². The Hall–Kier alpha value is -0.180. The molecule has 1 rings (SSSR count). The Labute approximate surface area is 117 Å². The van der Waals surface area contributed by atoms with Crippen molar-refractivity contribution in [1.82, 2.24) is 0 Å². The summed E-state index contributed by atoms with van der Waals surface area (Å²) in [4.78, 5) is 11.9. The molecule has 0 bridgehead atoms. The van der Waals surface area contributed by atoms with Gasteiger partial charge in [-0.2, -0.15) is 11.8 Å². The molecule has 0 heterocycles. The lowest BCUT2D eigenvalue weighted by Gasteiger charge is -2.08. The molecule has 0 amide bonds. The first-order valence-corrected chi connectivity index (χ1v) is 7.51. The van der Waals surface area contributed by atoms with Crippen LogP contribution in [0.15, 0.2) is 18.2 Å². The Morgan fingerprint density at radius 2 is 2.12 bits per heavy atom. The molecule has 0 saturated heterocycles. The Balaban J connectivity index is 2.52. The van der Waals surface area contributed by atoms with Gasteiger partial charge in [-0.3, -0.25) is 4.79 Å². The van der Waals surface area contributed by atoms with Crippen molar-refractivity contribution in [3.05, 3.63) is 33.8 Å². The Morgan fingerprint density at radius 3 is 2.71 bits per heavy atom. The molecule has 1 nitrogen and oxygen atoms in total. The predicted octanol–water partition coefficient (Wildman–Crippen LogP) is 4.96. The lowest BCUT2D eigenvalue weighted by Crippen LogP contribution is -2.06. The van der Waals surface area contributed by atoms with E-state index in [9.17, 15) is 4.79 Å². The molecule has 1 atom stereocenters. The zero-order valence-corrected chi connectivity index (χ0v) is 12.3. The van der Waals surface area contributed by atoms with E-state index < -0.39 is 0 Å². The molecule has 0 aromatic heterocycles. The van der Waals surface area contributed by atoms with Crippen LogP contribution in [0.25, 0.3) is 0 Å². The standard InChI is InChI=1S/C13H16Cl2OS/c1-3-9(2)7-17-8-13(16)11-5-4-10(14)6-12(11)15/h4-6,9H,3,7-8H2,1-2H3. The minimum Gasteiger partial charge on any atom is -0.293 e. The third kappa shape index (κ3) is 4.90. The van der Waals surface area contributed by atoms with Crippen molar-refractivity contribution >= 4 is 40.7 Å². The molecule has 0 saturated carbocycles. The lowest BCUT2D eigenvalue weighted by molar-refractivity contribution is 0.102. The van der Waals surface area contributed by atoms with Crippen molar-refractivity contribution in [3.63, 3.8) is 0 Å². The highest BCUT2D eigenvalue weighted by molar-refractivity contribution is 7.99. The molecular formula is C13H16Cl2OS. The maximum atomic E-state index is 11.9. The van der Waals surface area contributed by atoms with Crippen LogP contribution in [0.3, 0.4) is 0 Å². The second kappa shape index (κ2) is 7.30. The Morgan fingerprint density at radius 1 is 1.41 bits per heavy atom. The van der Waals surface area contributed by atoms with Crippen molar-refractivity contribution < 1.29 is 4.79 Å². The minimum absolute atomic E-state index is 0.0694. The Kier molecular flexibility index (Phi) is 6.39. The van der Waals surface area contributed by atoms with Gasteiger partial charge in [-0.25, -0.2) is 0 Å². The average Bonchev–Trinajstić information content (AvgIpc) is 2.28. The molecular weight excluding hydrogens is 275 g/mol. The molecule has 0 aliphatic rings. The van der Waals surface area contributed by atoms with E-state index in [0.29, 0.717) is 27.3 Å². The summed E-state index contributed by atoms with van der Waals surface area (Å²) in [5.74, 6) is 2.20. The van der Waals surface area contributed by atoms with Gasteiger partial charge >= 0.3 is 0 Å². The molecule has 0 aliphatic carbocycles. The third-order valence-electron chi connectivity index (χ3n) is 2.56. The molecule has 17 heavy (non-hydrogen) atoms. The van der Waals surface area contributed by atoms with E-state index in [0.717, 1.165) is 12.2 Å². The number of hydrogen-bond acceptors (Lipinski definition) is 2. The van der Waals surface area contributed by atoms with Crippen molar-refractivity contribution in [2.24, 2.45) is 5.92 Å². The van der Waals surface area contributed by atoms with E-state index in [1.54, 1.807) is 30.0 Å². The van der Waals surface area contributed by atoms with Crippen LogP contribution in [0.2, 0.25) is 10.0 Å². The van der Waals surface area contributed by atoms with Gasteiger partial charge < -0.3 is 0 Å². The Bertz CT molecular complexity index is 393. The molecule has 0 N–H and O–H groups in total. The van der Waals surface area contributed by atoms with Crippen molar-refractivity contribution in [3.8, 4) is 0 Å². The molecule has 0 spiro atoms. The normalized spacial score (nSPS) is 12.5. The SMILES string of the molecule is CCC(C)CSCC(=O)c1ccc(Cl)cc1Cl. The summed E-state index contributed by atoms with van der Waals surface area (Å²) in [5, 5.41) is 0.991. The minimum atomic E-state index is 0.0694. The van der Waals surface area contributed by atoms with Gasteiger partial charge in [-0.1, -0.05) is 43.5 Å². The molecule has 4 heteroatoms. The number of Topliss-reactive ketones (excluding diaryl/α,β-unsaturated/α-hetero) is 1. The first-order valence-electron chi connectivity index (χ1n) is 5.60. The van der Waals surface area contributed by atoms with E-state index in [2.05, 4.69) is 13.8 Å². The lowest BCUT2D eigenvalue weighted by atomic mass is 10.1. The fourth-order valence-corrected chi connectivity index (χ4v) is 2.87. The van der Waals surface area contributed by atoms with Gasteiger partial charge in [0.25, 0.3) is 0 Å². The zero-order chi connectivity index (χ0) is 12.8. The third-order valence-corrected chi connectivity index (χ3v) is 4.38. The van der Waals surface area contributed by atoms with Crippen LogP contribution < -0.4 is 0 Å². The van der Waals surface area contributed by atoms with E-state index in [-0.39, 0.29) is 5.78 Å². The maximum absolute atomic E-state index is 11.9. The second-order valence-corrected chi connectivity index (χ2v) is 5.95. The largest absolute Gasteiger partial charge is 0.293 e. The van der Waals surface area contributed by atoms with Gasteiger partial charge in [-0.15, -0.1) is 0 Å². The highest BCUT2D eigenvalue weighted by atomic mass is 35.5. The number of hydrogen-bond donors (Lipinski definition) is 0.